The summed E-state index contributed by atoms with van der Waals surface area (Å²) in [4.78, 5) is 14.7. The van der Waals surface area contributed by atoms with Crippen molar-refractivity contribution in [3.8, 4) is 151 Å². The first kappa shape index (κ1) is 65.1. The van der Waals surface area contributed by atoms with E-state index in [9.17, 15) is 0 Å². The van der Waals surface area contributed by atoms with Crippen LogP contribution in [0.1, 0.15) is 41.7 Å². The summed E-state index contributed by atoms with van der Waals surface area (Å²) in [6, 6.07) is 124. The molecule has 104 heavy (non-hydrogen) atoms. The van der Waals surface area contributed by atoms with Crippen molar-refractivity contribution in [2.24, 2.45) is 0 Å². The van der Waals surface area contributed by atoms with Crippen LogP contribution in [0.2, 0.25) is 0 Å². The molecule has 0 spiro atoms. The molecule has 0 aliphatic heterocycles. The molecule has 4 aromatic heterocycles. The second-order valence-electron chi connectivity index (χ2n) is 27.7. The zero-order chi connectivity index (χ0) is 69.3. The molecule has 0 atom stereocenters. The second kappa shape index (κ2) is 26.9. The summed E-state index contributed by atoms with van der Waals surface area (Å²) in [6.07, 6.45) is 5.72. The summed E-state index contributed by atoms with van der Waals surface area (Å²) in [5.74, 6) is 0. The van der Waals surface area contributed by atoms with Crippen LogP contribution in [0.5, 0.6) is 0 Å². The SMILES string of the molecule is Cc1cc(-c2[c-]cc(-c3ccccc3-c3cc(-c4ccccc4-c4c[c-]c(-c5ccccn5)cc4C)cc(-c4ccccc4-c4c[c-]c(-c5ccccn5)cc4C)c3)c(-c3cccc(-n4c5ccccc5c5cc6c(cc54)C(C)(C)c4ccccc4-6)c3)c2)ncc1-c1cccc(-c2ccccc2)c1.[Ir+3]. The Morgan fingerprint density at radius 2 is 0.750 bits per heavy atom. The average molecular weight is 1510 g/mol. The monoisotopic (exact) mass is 1510 g/mol. The van der Waals surface area contributed by atoms with Crippen molar-refractivity contribution in [1.82, 2.24) is 19.5 Å². The number of pyridine rings is 3. The van der Waals surface area contributed by atoms with E-state index in [-0.39, 0.29) is 25.5 Å². The molecule has 0 saturated carbocycles. The van der Waals surface area contributed by atoms with Crippen molar-refractivity contribution < 1.29 is 20.1 Å². The molecule has 494 valence electrons. The van der Waals surface area contributed by atoms with Crippen LogP contribution in [0.4, 0.5) is 0 Å². The second-order valence-corrected chi connectivity index (χ2v) is 27.7. The number of hydrogen-bond acceptors (Lipinski definition) is 3. The predicted octanol–water partition coefficient (Wildman–Crippen LogP) is 25.6. The van der Waals surface area contributed by atoms with Gasteiger partial charge in [-0.05, 0) is 174 Å². The molecule has 1 aliphatic rings. The van der Waals surface area contributed by atoms with Gasteiger partial charge in [-0.15, -0.1) is 82.4 Å². The summed E-state index contributed by atoms with van der Waals surface area (Å²) >= 11 is 0. The number of aromatic nitrogens is 4. The Morgan fingerprint density at radius 1 is 0.279 bits per heavy atom. The zero-order valence-corrected chi connectivity index (χ0v) is 60.7. The Balaban J connectivity index is 0.00000800. The first-order valence-corrected chi connectivity index (χ1v) is 35.4. The van der Waals surface area contributed by atoms with E-state index in [2.05, 4.69) is 330 Å². The average Bonchev–Trinajstić information content (AvgIpc) is 1.54. The molecule has 0 unspecified atom stereocenters. The third kappa shape index (κ3) is 11.6. The van der Waals surface area contributed by atoms with E-state index in [0.717, 1.165) is 151 Å². The minimum atomic E-state index is -0.178. The Morgan fingerprint density at radius 3 is 1.34 bits per heavy atom. The number of nitrogens with zero attached hydrogens (tertiary/aromatic N) is 4. The molecule has 4 heterocycles. The van der Waals surface area contributed by atoms with Gasteiger partial charge in [0.05, 0.1) is 11.0 Å². The summed E-state index contributed by atoms with van der Waals surface area (Å²) in [7, 11) is 0. The molecule has 0 bridgehead atoms. The Hall–Kier alpha value is -12.2. The quantitative estimate of drug-likeness (QED) is 0.108. The largest absolute Gasteiger partial charge is 3.00 e. The third-order valence-corrected chi connectivity index (χ3v) is 21.1. The minimum Gasteiger partial charge on any atom is -0.309 e. The third-order valence-electron chi connectivity index (χ3n) is 21.1. The van der Waals surface area contributed by atoms with Crippen LogP contribution in [-0.4, -0.2) is 19.5 Å². The van der Waals surface area contributed by atoms with Gasteiger partial charge < -0.3 is 19.5 Å². The number of rotatable bonds is 13. The molecule has 0 amide bonds. The fraction of sp³-hybridized carbons (Fsp3) is 0.0606. The van der Waals surface area contributed by atoms with E-state index in [1.165, 1.54) is 49.7 Å². The number of fused-ring (bicyclic) bond motifs is 6. The number of aryl methyl sites for hydroxylation is 3. The summed E-state index contributed by atoms with van der Waals surface area (Å²) in [5.41, 5.74) is 37.3. The molecule has 4 nitrogen and oxygen atoms in total. The van der Waals surface area contributed by atoms with E-state index in [1.54, 1.807) is 0 Å². The van der Waals surface area contributed by atoms with Crippen LogP contribution in [0.25, 0.3) is 173 Å². The van der Waals surface area contributed by atoms with Gasteiger partial charge in [0, 0.05) is 46.0 Å². The minimum absolute atomic E-state index is 0. The van der Waals surface area contributed by atoms with Gasteiger partial charge in [0.1, 0.15) is 0 Å². The Labute approximate surface area is 621 Å². The molecule has 1 aliphatic carbocycles. The maximum absolute atomic E-state index is 5.31. The molecule has 13 aromatic carbocycles. The smallest absolute Gasteiger partial charge is 0.309 e. The fourth-order valence-electron chi connectivity index (χ4n) is 16.0. The first-order valence-electron chi connectivity index (χ1n) is 35.4. The van der Waals surface area contributed by atoms with E-state index < -0.39 is 0 Å². The molecule has 18 rings (SSSR count). The Kier molecular flexibility index (Phi) is 16.9. The van der Waals surface area contributed by atoms with E-state index >= 15 is 0 Å². The van der Waals surface area contributed by atoms with Gasteiger partial charge in [0.15, 0.2) is 0 Å². The van der Waals surface area contributed by atoms with Crippen LogP contribution in [0.3, 0.4) is 0 Å². The van der Waals surface area contributed by atoms with Gasteiger partial charge in [0.25, 0.3) is 0 Å². The molecule has 5 heteroatoms. The van der Waals surface area contributed by atoms with Crippen LogP contribution in [-0.2, 0) is 25.5 Å². The van der Waals surface area contributed by atoms with Crippen molar-refractivity contribution in [2.45, 2.75) is 40.0 Å². The number of hydrogen-bond donors (Lipinski definition) is 0. The van der Waals surface area contributed by atoms with Crippen molar-refractivity contribution in [3.05, 3.63) is 374 Å². The normalized spacial score (nSPS) is 12.1. The van der Waals surface area contributed by atoms with Crippen LogP contribution >= 0.6 is 0 Å². The summed E-state index contributed by atoms with van der Waals surface area (Å²) in [6.45, 7) is 11.3. The molecule has 0 N–H and O–H groups in total. The standard InChI is InChI=1S/C99H69N4.Ir/c1-63-51-70(94-40-19-21-49-100-94)43-46-77(63)82-34-12-9-31-79(82)73-55-74(80-32-10-13-35-83(80)78-47-44-71(52-64(78)2)95-41-20-22-50-101-95)57-75(56-73)81-33-11-14-36-84(81)85-48-45-72(96-53-65(3)91(62-102-96)68-28-23-27-67(54-68)66-25-7-6-8-26-66)59-88(85)69-29-24-30-76(58-69)103-97-42-18-16-38-87(97)90-60-89-86-37-15-17-39-92(86)99(4,5)93(89)61-98(90)103;/h6-42,46-62H,1-5H3;/q-3;+3. The number of benzene rings is 13. The van der Waals surface area contributed by atoms with Gasteiger partial charge >= 0.3 is 20.1 Å². The van der Waals surface area contributed by atoms with Gasteiger partial charge in [-0.1, -0.05) is 273 Å². The van der Waals surface area contributed by atoms with Crippen molar-refractivity contribution in [3.63, 3.8) is 0 Å². The summed E-state index contributed by atoms with van der Waals surface area (Å²) < 4.78 is 2.49. The maximum Gasteiger partial charge on any atom is 3.00 e. The molecular weight excluding hydrogens is 1440 g/mol. The topological polar surface area (TPSA) is 43.6 Å². The van der Waals surface area contributed by atoms with Crippen LogP contribution < -0.4 is 0 Å². The van der Waals surface area contributed by atoms with E-state index in [1.807, 2.05) is 55.0 Å². The van der Waals surface area contributed by atoms with Gasteiger partial charge in [-0.3, -0.25) is 0 Å². The predicted molar refractivity (Wildman–Crippen MR) is 428 cm³/mol. The van der Waals surface area contributed by atoms with Gasteiger partial charge in [0.2, 0.25) is 0 Å². The number of para-hydroxylation sites is 1. The summed E-state index contributed by atoms with van der Waals surface area (Å²) in [5, 5.41) is 2.46. The molecule has 0 fully saturated rings. The van der Waals surface area contributed by atoms with Gasteiger partial charge in [-0.2, -0.15) is 0 Å². The fourth-order valence-corrected chi connectivity index (χ4v) is 16.0. The maximum atomic E-state index is 5.31. The van der Waals surface area contributed by atoms with Crippen molar-refractivity contribution >= 4 is 21.8 Å². The molecular formula is C99H69IrN4. The van der Waals surface area contributed by atoms with E-state index in [4.69, 9.17) is 15.0 Å². The van der Waals surface area contributed by atoms with Crippen LogP contribution in [0.15, 0.2) is 328 Å². The van der Waals surface area contributed by atoms with E-state index in [0.29, 0.717) is 0 Å². The molecule has 17 aromatic rings. The molecule has 0 saturated heterocycles. The van der Waals surface area contributed by atoms with Crippen molar-refractivity contribution in [1.29, 1.82) is 0 Å². The first-order chi connectivity index (χ1) is 50.6. The zero-order valence-electron chi connectivity index (χ0n) is 58.3. The van der Waals surface area contributed by atoms with Crippen molar-refractivity contribution in [2.75, 3.05) is 0 Å². The van der Waals surface area contributed by atoms with Gasteiger partial charge in [-0.25, -0.2) is 0 Å². The van der Waals surface area contributed by atoms with Crippen LogP contribution in [0, 0.1) is 39.0 Å². The Bertz CT molecular complexity index is 6030. The molecule has 0 radical (unpaired) electrons.